The van der Waals surface area contributed by atoms with Crippen molar-refractivity contribution in [3.8, 4) is 0 Å². The summed E-state index contributed by atoms with van der Waals surface area (Å²) in [5.74, 6) is -1.80. The molecule has 1 saturated carbocycles. The Labute approximate surface area is 104 Å². The molecule has 1 atom stereocenters. The zero-order valence-electron chi connectivity index (χ0n) is 10.4. The van der Waals surface area contributed by atoms with E-state index in [9.17, 15) is 18.0 Å². The molecule has 0 bridgehead atoms. The van der Waals surface area contributed by atoms with E-state index in [1.165, 1.54) is 0 Å². The van der Waals surface area contributed by atoms with E-state index in [0.717, 1.165) is 43.9 Å². The number of nitrogens with zero attached hydrogens (tertiary/aromatic N) is 1. The monoisotopic (exact) mass is 265 g/mol. The van der Waals surface area contributed by atoms with Crippen LogP contribution < -0.4 is 0 Å². The quantitative estimate of drug-likeness (QED) is 0.834. The maximum absolute atomic E-state index is 13.0. The predicted octanol–water partition coefficient (Wildman–Crippen LogP) is 2.66. The number of alkyl halides is 3. The second-order valence-electron chi connectivity index (χ2n) is 5.79. The highest BCUT2D eigenvalue weighted by Crippen LogP contribution is 2.49. The fourth-order valence-electron chi connectivity index (χ4n) is 3.13. The first-order valence-electron chi connectivity index (χ1n) is 6.26. The van der Waals surface area contributed by atoms with Crippen molar-refractivity contribution < 1.29 is 23.1 Å². The van der Waals surface area contributed by atoms with Crippen LogP contribution in [0.2, 0.25) is 0 Å². The average molecular weight is 265 g/mol. The summed E-state index contributed by atoms with van der Waals surface area (Å²) < 4.78 is 38.9. The van der Waals surface area contributed by atoms with Gasteiger partial charge in [-0.3, -0.25) is 4.90 Å². The molecule has 1 heterocycles. The van der Waals surface area contributed by atoms with Crippen molar-refractivity contribution in [3.05, 3.63) is 0 Å². The summed E-state index contributed by atoms with van der Waals surface area (Å²) in [6.07, 6.45) is 0.341. The molecule has 1 aliphatic carbocycles. The molecule has 0 radical (unpaired) electrons. The fourth-order valence-corrected chi connectivity index (χ4v) is 3.13. The van der Waals surface area contributed by atoms with Crippen LogP contribution in [-0.4, -0.2) is 40.8 Å². The van der Waals surface area contributed by atoms with E-state index in [2.05, 4.69) is 0 Å². The number of carboxylic acids is 1. The number of likely N-dealkylation sites (tertiary alicyclic amines) is 1. The van der Waals surface area contributed by atoms with Gasteiger partial charge in [-0.15, -0.1) is 0 Å². The molecule has 18 heavy (non-hydrogen) atoms. The van der Waals surface area contributed by atoms with E-state index < -0.39 is 17.7 Å². The number of aliphatic carboxylic acids is 1. The van der Waals surface area contributed by atoms with Gasteiger partial charge in [0, 0.05) is 13.1 Å². The van der Waals surface area contributed by atoms with Crippen LogP contribution in [0.5, 0.6) is 0 Å². The highest BCUT2D eigenvalue weighted by Gasteiger charge is 2.65. The molecule has 0 aromatic rings. The molecule has 0 amide bonds. The lowest BCUT2D eigenvalue weighted by Crippen LogP contribution is -2.72. The van der Waals surface area contributed by atoms with Crippen molar-refractivity contribution in [2.75, 3.05) is 13.1 Å². The van der Waals surface area contributed by atoms with Gasteiger partial charge in [-0.1, -0.05) is 19.3 Å². The van der Waals surface area contributed by atoms with E-state index in [-0.39, 0.29) is 18.5 Å². The number of carbonyl (C=O) groups is 1. The van der Waals surface area contributed by atoms with Gasteiger partial charge in [-0.25, -0.2) is 4.79 Å². The summed E-state index contributed by atoms with van der Waals surface area (Å²) in [6, 6.07) is 0. The molecule has 104 valence electrons. The maximum atomic E-state index is 13.0. The molecule has 1 unspecified atom stereocenters. The van der Waals surface area contributed by atoms with Crippen molar-refractivity contribution >= 4 is 5.97 Å². The van der Waals surface area contributed by atoms with Gasteiger partial charge in [0.05, 0.1) is 0 Å². The SMILES string of the molecule is CC(C(=O)O)(N1CC2(CCCCC2)C1)C(F)(F)F. The van der Waals surface area contributed by atoms with Crippen LogP contribution in [0.1, 0.15) is 39.0 Å². The van der Waals surface area contributed by atoms with Crippen molar-refractivity contribution in [1.29, 1.82) is 0 Å². The number of carboxylic acid groups (broad SMARTS) is 1. The van der Waals surface area contributed by atoms with E-state index in [1.54, 1.807) is 0 Å². The van der Waals surface area contributed by atoms with Crippen LogP contribution in [0.15, 0.2) is 0 Å². The molecule has 0 aromatic carbocycles. The van der Waals surface area contributed by atoms with Gasteiger partial charge >= 0.3 is 12.1 Å². The lowest BCUT2D eigenvalue weighted by Gasteiger charge is -2.57. The standard InChI is InChI=1S/C12H18F3NO2/c1-10(9(17)18,12(13,14)15)16-7-11(8-16)5-3-2-4-6-11/h2-8H2,1H3,(H,17,18). The van der Waals surface area contributed by atoms with Gasteiger partial charge in [0.25, 0.3) is 0 Å². The molecule has 1 saturated heterocycles. The largest absolute Gasteiger partial charge is 0.480 e. The highest BCUT2D eigenvalue weighted by molar-refractivity contribution is 5.79. The Kier molecular flexibility index (Phi) is 3.12. The summed E-state index contributed by atoms with van der Waals surface area (Å²) in [4.78, 5) is 12.1. The minimum atomic E-state index is -4.74. The molecular weight excluding hydrogens is 247 g/mol. The third-order valence-electron chi connectivity index (χ3n) is 4.57. The van der Waals surface area contributed by atoms with Crippen LogP contribution in [0.4, 0.5) is 13.2 Å². The van der Waals surface area contributed by atoms with Gasteiger partial charge in [0.2, 0.25) is 5.54 Å². The molecule has 3 nitrogen and oxygen atoms in total. The summed E-state index contributed by atoms with van der Waals surface area (Å²) in [6.45, 7) is 1.29. The number of hydrogen-bond acceptors (Lipinski definition) is 2. The molecule has 2 aliphatic rings. The minimum absolute atomic E-state index is 0.0553. The average Bonchev–Trinajstić information content (AvgIpc) is 2.24. The van der Waals surface area contributed by atoms with Crippen LogP contribution >= 0.6 is 0 Å². The van der Waals surface area contributed by atoms with Crippen LogP contribution in [-0.2, 0) is 4.79 Å². The normalized spacial score (nSPS) is 27.6. The topological polar surface area (TPSA) is 40.5 Å². The van der Waals surface area contributed by atoms with Crippen molar-refractivity contribution in [1.82, 2.24) is 4.90 Å². The zero-order valence-corrected chi connectivity index (χ0v) is 10.4. The smallest absolute Gasteiger partial charge is 0.417 e. The molecule has 1 spiro atoms. The minimum Gasteiger partial charge on any atom is -0.480 e. The van der Waals surface area contributed by atoms with Gasteiger partial charge in [0.1, 0.15) is 0 Å². The first-order chi connectivity index (χ1) is 8.21. The Balaban J connectivity index is 2.11. The number of halogens is 3. The fraction of sp³-hybridized carbons (Fsp3) is 0.917. The van der Waals surface area contributed by atoms with E-state index in [0.29, 0.717) is 0 Å². The van der Waals surface area contributed by atoms with Crippen molar-refractivity contribution in [2.24, 2.45) is 5.41 Å². The lowest BCUT2D eigenvalue weighted by atomic mass is 9.67. The predicted molar refractivity (Wildman–Crippen MR) is 59.2 cm³/mol. The third-order valence-corrected chi connectivity index (χ3v) is 4.57. The summed E-state index contributed by atoms with van der Waals surface area (Å²) in [7, 11) is 0. The van der Waals surface area contributed by atoms with E-state index in [1.807, 2.05) is 0 Å². The molecule has 1 aliphatic heterocycles. The van der Waals surface area contributed by atoms with Gasteiger partial charge in [0.15, 0.2) is 0 Å². The number of hydrogen-bond donors (Lipinski definition) is 1. The lowest BCUT2D eigenvalue weighted by molar-refractivity contribution is -0.256. The second kappa shape index (κ2) is 4.11. The van der Waals surface area contributed by atoms with Gasteiger partial charge in [-0.05, 0) is 25.2 Å². The molecule has 1 N–H and O–H groups in total. The van der Waals surface area contributed by atoms with Crippen LogP contribution in [0.3, 0.4) is 0 Å². The Bertz CT molecular complexity index is 342. The Morgan fingerprint density at radius 2 is 1.67 bits per heavy atom. The zero-order chi connectivity index (χ0) is 13.6. The summed E-state index contributed by atoms with van der Waals surface area (Å²) in [5.41, 5.74) is -2.80. The van der Waals surface area contributed by atoms with Crippen molar-refractivity contribution in [3.63, 3.8) is 0 Å². The molecule has 0 aromatic heterocycles. The van der Waals surface area contributed by atoms with Gasteiger partial charge in [-0.2, -0.15) is 13.2 Å². The Morgan fingerprint density at radius 1 is 1.17 bits per heavy atom. The van der Waals surface area contributed by atoms with Crippen LogP contribution in [0, 0.1) is 5.41 Å². The Hall–Kier alpha value is -0.780. The summed E-state index contributed by atoms with van der Waals surface area (Å²) >= 11 is 0. The number of rotatable bonds is 2. The molecular formula is C12H18F3NO2. The molecule has 6 heteroatoms. The molecule has 2 fully saturated rings. The molecule has 2 rings (SSSR count). The third kappa shape index (κ3) is 1.90. The first-order valence-corrected chi connectivity index (χ1v) is 6.26. The van der Waals surface area contributed by atoms with Crippen molar-refractivity contribution in [2.45, 2.75) is 50.7 Å². The highest BCUT2D eigenvalue weighted by atomic mass is 19.4. The van der Waals surface area contributed by atoms with Crippen LogP contribution in [0.25, 0.3) is 0 Å². The van der Waals surface area contributed by atoms with E-state index in [4.69, 9.17) is 5.11 Å². The second-order valence-corrected chi connectivity index (χ2v) is 5.79. The first kappa shape index (κ1) is 13.6. The van der Waals surface area contributed by atoms with E-state index >= 15 is 0 Å². The van der Waals surface area contributed by atoms with Gasteiger partial charge < -0.3 is 5.11 Å². The summed E-state index contributed by atoms with van der Waals surface area (Å²) in [5, 5.41) is 8.93. The Morgan fingerprint density at radius 3 is 2.06 bits per heavy atom. The maximum Gasteiger partial charge on any atom is 0.417 e.